The maximum absolute atomic E-state index is 12.8. The molecule has 0 saturated heterocycles. The Morgan fingerprint density at radius 3 is 2.64 bits per heavy atom. The van der Waals surface area contributed by atoms with Crippen LogP contribution in [0.4, 0.5) is 13.2 Å². The molecule has 1 amide bonds. The van der Waals surface area contributed by atoms with Crippen molar-refractivity contribution in [1.29, 1.82) is 0 Å². The van der Waals surface area contributed by atoms with Crippen LogP contribution in [0.15, 0.2) is 12.3 Å². The lowest BCUT2D eigenvalue weighted by Crippen LogP contribution is -2.27. The number of carbonyl (C=O) groups excluding carboxylic acids is 1. The molecule has 0 fully saturated rings. The number of aromatic nitrogens is 4. The summed E-state index contributed by atoms with van der Waals surface area (Å²) in [6, 6.07) is 0.896. The Morgan fingerprint density at radius 2 is 2.00 bits per heavy atom. The van der Waals surface area contributed by atoms with Crippen LogP contribution in [0.5, 0.6) is 0 Å². The molecule has 0 spiro atoms. The molecule has 1 N–H and O–H groups in total. The van der Waals surface area contributed by atoms with Gasteiger partial charge in [0.15, 0.2) is 0 Å². The van der Waals surface area contributed by atoms with Gasteiger partial charge in [0.2, 0.25) is 0 Å². The van der Waals surface area contributed by atoms with Crippen LogP contribution in [0.3, 0.4) is 0 Å². The molecule has 0 bridgehead atoms. The number of nitrogens with one attached hydrogen (secondary N) is 1. The summed E-state index contributed by atoms with van der Waals surface area (Å²) in [5, 5.41) is 6.82. The van der Waals surface area contributed by atoms with E-state index in [2.05, 4.69) is 20.4 Å². The van der Waals surface area contributed by atoms with Crippen molar-refractivity contribution in [2.24, 2.45) is 0 Å². The lowest BCUT2D eigenvalue weighted by molar-refractivity contribution is -0.141. The molecule has 136 valence electrons. The number of rotatable bonds is 6. The first kappa shape index (κ1) is 18.9. The van der Waals surface area contributed by atoms with Crippen LogP contribution in [-0.4, -0.2) is 32.2 Å². The van der Waals surface area contributed by atoms with E-state index in [1.54, 1.807) is 11.6 Å². The lowest BCUT2D eigenvalue weighted by atomic mass is 10.2. The third kappa shape index (κ3) is 4.77. The fourth-order valence-corrected chi connectivity index (χ4v) is 2.38. The fourth-order valence-electron chi connectivity index (χ4n) is 2.38. The minimum atomic E-state index is -4.52. The smallest absolute Gasteiger partial charge is 0.351 e. The summed E-state index contributed by atoms with van der Waals surface area (Å²) >= 11 is 0. The zero-order valence-corrected chi connectivity index (χ0v) is 14.3. The van der Waals surface area contributed by atoms with Gasteiger partial charge in [0.05, 0.1) is 11.8 Å². The maximum Gasteiger partial charge on any atom is 0.433 e. The number of amides is 1. The summed E-state index contributed by atoms with van der Waals surface area (Å²) in [5.74, 6) is -0.269. The van der Waals surface area contributed by atoms with Crippen molar-refractivity contribution in [3.63, 3.8) is 0 Å². The molecule has 2 rings (SSSR count). The average Bonchev–Trinajstić information content (AvgIpc) is 2.87. The molecule has 25 heavy (non-hydrogen) atoms. The van der Waals surface area contributed by atoms with E-state index in [0.29, 0.717) is 5.56 Å². The standard InChI is InChI=1S/C16H20F3N5O/c1-4-7-24-11(3)12(9-21-24)15(25)20-6-5-14-22-10(2)8-13(23-14)16(17,18)19/h8-9H,4-7H2,1-3H3,(H,20,25). The number of halogens is 3. The highest BCUT2D eigenvalue weighted by atomic mass is 19.4. The number of nitrogens with zero attached hydrogens (tertiary/aromatic N) is 4. The monoisotopic (exact) mass is 355 g/mol. The summed E-state index contributed by atoms with van der Waals surface area (Å²) in [4.78, 5) is 19.7. The van der Waals surface area contributed by atoms with Gasteiger partial charge in [-0.3, -0.25) is 9.48 Å². The predicted octanol–water partition coefficient (Wildman–Crippen LogP) is 2.69. The summed E-state index contributed by atoms with van der Waals surface area (Å²) in [6.07, 6.45) is -2.02. The first-order valence-electron chi connectivity index (χ1n) is 7.94. The molecule has 0 aliphatic carbocycles. The van der Waals surface area contributed by atoms with Gasteiger partial charge in [-0.25, -0.2) is 9.97 Å². The highest BCUT2D eigenvalue weighted by molar-refractivity contribution is 5.95. The number of alkyl halides is 3. The number of aryl methyl sites for hydroxylation is 2. The minimum Gasteiger partial charge on any atom is -0.351 e. The average molecular weight is 355 g/mol. The normalized spacial score (nSPS) is 11.6. The van der Waals surface area contributed by atoms with Gasteiger partial charge in [-0.2, -0.15) is 18.3 Å². The first-order valence-corrected chi connectivity index (χ1v) is 7.94. The Morgan fingerprint density at radius 1 is 1.28 bits per heavy atom. The van der Waals surface area contributed by atoms with Crippen molar-refractivity contribution >= 4 is 5.91 Å². The van der Waals surface area contributed by atoms with Crippen LogP contribution >= 0.6 is 0 Å². The molecule has 0 atom stereocenters. The van der Waals surface area contributed by atoms with Crippen molar-refractivity contribution in [2.75, 3.05) is 6.54 Å². The number of hydrogen-bond donors (Lipinski definition) is 1. The Labute approximate surface area is 143 Å². The van der Waals surface area contributed by atoms with E-state index >= 15 is 0 Å². The van der Waals surface area contributed by atoms with Gasteiger partial charge in [-0.1, -0.05) is 6.92 Å². The Balaban J connectivity index is 1.99. The molecule has 0 aliphatic rings. The van der Waals surface area contributed by atoms with Crippen molar-refractivity contribution in [1.82, 2.24) is 25.1 Å². The van der Waals surface area contributed by atoms with Gasteiger partial charge >= 0.3 is 6.18 Å². The molecule has 0 aliphatic heterocycles. The predicted molar refractivity (Wildman–Crippen MR) is 85.1 cm³/mol. The summed E-state index contributed by atoms with van der Waals surface area (Å²) in [6.45, 7) is 6.15. The zero-order valence-electron chi connectivity index (χ0n) is 14.3. The van der Waals surface area contributed by atoms with Crippen LogP contribution in [-0.2, 0) is 19.1 Å². The molecule has 0 saturated carbocycles. The quantitative estimate of drug-likeness (QED) is 0.865. The van der Waals surface area contributed by atoms with Crippen LogP contribution < -0.4 is 5.32 Å². The topological polar surface area (TPSA) is 72.7 Å². The van der Waals surface area contributed by atoms with Crippen molar-refractivity contribution in [3.05, 3.63) is 40.7 Å². The molecule has 2 heterocycles. The highest BCUT2D eigenvalue weighted by Gasteiger charge is 2.33. The van der Waals surface area contributed by atoms with E-state index in [1.165, 1.54) is 13.1 Å². The second kappa shape index (κ2) is 7.62. The minimum absolute atomic E-state index is 0.0472. The van der Waals surface area contributed by atoms with E-state index < -0.39 is 11.9 Å². The first-order chi connectivity index (χ1) is 11.7. The molecule has 2 aromatic rings. The molecular weight excluding hydrogens is 335 g/mol. The molecule has 2 aromatic heterocycles. The maximum atomic E-state index is 12.8. The van der Waals surface area contributed by atoms with Gasteiger partial charge in [0.25, 0.3) is 5.91 Å². The molecular formula is C16H20F3N5O. The largest absolute Gasteiger partial charge is 0.433 e. The van der Waals surface area contributed by atoms with E-state index in [9.17, 15) is 18.0 Å². The van der Waals surface area contributed by atoms with Crippen LogP contribution in [0.25, 0.3) is 0 Å². The van der Waals surface area contributed by atoms with Gasteiger partial charge in [0, 0.05) is 30.9 Å². The second-order valence-corrected chi connectivity index (χ2v) is 5.68. The molecule has 0 radical (unpaired) electrons. The van der Waals surface area contributed by atoms with Gasteiger partial charge < -0.3 is 5.32 Å². The molecule has 0 unspecified atom stereocenters. The molecule has 6 nitrogen and oxygen atoms in total. The van der Waals surface area contributed by atoms with Crippen LogP contribution in [0, 0.1) is 13.8 Å². The van der Waals surface area contributed by atoms with E-state index in [-0.39, 0.29) is 30.4 Å². The Kier molecular flexibility index (Phi) is 5.76. The van der Waals surface area contributed by atoms with Gasteiger partial charge in [-0.05, 0) is 26.3 Å². The highest BCUT2D eigenvalue weighted by Crippen LogP contribution is 2.27. The summed E-state index contributed by atoms with van der Waals surface area (Å²) in [7, 11) is 0. The molecule has 0 aromatic carbocycles. The van der Waals surface area contributed by atoms with Crippen molar-refractivity contribution in [2.45, 2.75) is 46.3 Å². The Bertz CT molecular complexity index is 755. The van der Waals surface area contributed by atoms with Crippen LogP contribution in [0.1, 0.15) is 46.6 Å². The summed E-state index contributed by atoms with van der Waals surface area (Å²) in [5.41, 5.74) is 0.471. The summed E-state index contributed by atoms with van der Waals surface area (Å²) < 4.78 is 40.0. The zero-order chi connectivity index (χ0) is 18.6. The van der Waals surface area contributed by atoms with E-state index in [1.807, 2.05) is 6.92 Å². The van der Waals surface area contributed by atoms with Gasteiger partial charge in [0.1, 0.15) is 11.5 Å². The third-order valence-corrected chi connectivity index (χ3v) is 3.61. The molecule has 9 heteroatoms. The van der Waals surface area contributed by atoms with Crippen molar-refractivity contribution in [3.8, 4) is 0 Å². The van der Waals surface area contributed by atoms with Crippen molar-refractivity contribution < 1.29 is 18.0 Å². The second-order valence-electron chi connectivity index (χ2n) is 5.68. The lowest BCUT2D eigenvalue weighted by Gasteiger charge is -2.09. The van der Waals surface area contributed by atoms with E-state index in [4.69, 9.17) is 0 Å². The van der Waals surface area contributed by atoms with Crippen LogP contribution in [0.2, 0.25) is 0 Å². The Hall–Kier alpha value is -2.45. The third-order valence-electron chi connectivity index (χ3n) is 3.61. The van der Waals surface area contributed by atoms with E-state index in [0.717, 1.165) is 24.7 Å². The van der Waals surface area contributed by atoms with Gasteiger partial charge in [-0.15, -0.1) is 0 Å². The fraction of sp³-hybridized carbons (Fsp3) is 0.500. The number of hydrogen-bond acceptors (Lipinski definition) is 4. The SMILES string of the molecule is CCCn1ncc(C(=O)NCCc2nc(C)cc(C(F)(F)F)n2)c1C. The number of carbonyl (C=O) groups is 1.